The predicted octanol–water partition coefficient (Wildman–Crippen LogP) is -1.17. The minimum absolute atomic E-state index is 0. The van der Waals surface area contributed by atoms with Crippen molar-refractivity contribution in [3.8, 4) is 0 Å². The Kier molecular flexibility index (Phi) is 6.48. The van der Waals surface area contributed by atoms with E-state index in [1.165, 1.54) is 0 Å². The van der Waals surface area contributed by atoms with E-state index in [2.05, 4.69) is 10.3 Å². The fourth-order valence-corrected chi connectivity index (χ4v) is 1.24. The van der Waals surface area contributed by atoms with Crippen LogP contribution in [0.1, 0.15) is 5.69 Å². The van der Waals surface area contributed by atoms with E-state index in [-0.39, 0.29) is 23.5 Å². The number of aryl methyl sites for hydroxylation is 1. The molecule has 1 aromatic heterocycles. The summed E-state index contributed by atoms with van der Waals surface area (Å²) in [4.78, 5) is 15.0. The zero-order valence-electron chi connectivity index (χ0n) is 9.16. The van der Waals surface area contributed by atoms with Crippen LogP contribution in [-0.4, -0.2) is 33.9 Å². The largest absolute Gasteiger partial charge is 2.00 e. The van der Waals surface area contributed by atoms with Gasteiger partial charge in [0.25, 0.3) is 0 Å². The Morgan fingerprint density at radius 1 is 1.76 bits per heavy atom. The molecule has 0 saturated carbocycles. The van der Waals surface area contributed by atoms with Gasteiger partial charge in [-0.25, -0.2) is 4.98 Å². The van der Waals surface area contributed by atoms with Crippen LogP contribution >= 0.6 is 0 Å². The van der Waals surface area contributed by atoms with Gasteiger partial charge in [0, 0.05) is 19.7 Å². The predicted molar refractivity (Wildman–Crippen MR) is 55.8 cm³/mol. The summed E-state index contributed by atoms with van der Waals surface area (Å²) in [5.74, 6) is -1.45. The van der Waals surface area contributed by atoms with Gasteiger partial charge in [0.2, 0.25) is 0 Å². The number of imidazole rings is 1. The molecule has 1 radical (unpaired) electrons. The van der Waals surface area contributed by atoms with E-state index in [9.17, 15) is 9.90 Å². The van der Waals surface area contributed by atoms with Crippen molar-refractivity contribution in [2.24, 2.45) is 7.05 Å². The maximum absolute atomic E-state index is 11.0. The maximum Gasteiger partial charge on any atom is 2.00 e. The van der Waals surface area contributed by atoms with Crippen LogP contribution in [0.4, 0.5) is 0 Å². The maximum atomic E-state index is 11.0. The Labute approximate surface area is 109 Å². The van der Waals surface area contributed by atoms with Crippen LogP contribution in [0.25, 0.3) is 5.73 Å². The van der Waals surface area contributed by atoms with E-state index in [1.807, 2.05) is 0 Å². The zero-order valence-corrected chi connectivity index (χ0v) is 10.1. The summed E-state index contributed by atoms with van der Waals surface area (Å²) in [5, 5.41) is 20.3. The molecule has 1 aromatic rings. The van der Waals surface area contributed by atoms with Crippen molar-refractivity contribution in [2.75, 3.05) is 6.54 Å². The molecule has 1 rings (SSSR count). The molecule has 1 amide bonds. The molecule has 0 saturated heterocycles. The first kappa shape index (κ1) is 15.6. The summed E-state index contributed by atoms with van der Waals surface area (Å²) in [6.45, 7) is -0.452. The third kappa shape index (κ3) is 4.99. The molecule has 0 aliphatic rings. The molecule has 7 nitrogen and oxygen atoms in total. The van der Waals surface area contributed by atoms with E-state index >= 15 is 0 Å². The number of hydrogen-bond donors (Lipinski definition) is 2. The first-order valence-electron chi connectivity index (χ1n) is 4.69. The van der Waals surface area contributed by atoms with Gasteiger partial charge in [-0.3, -0.25) is 4.79 Å². The van der Waals surface area contributed by atoms with E-state index in [0.29, 0.717) is 5.69 Å². The van der Waals surface area contributed by atoms with Gasteiger partial charge in [-0.1, -0.05) is 6.54 Å². The van der Waals surface area contributed by atoms with Crippen LogP contribution in [0.5, 0.6) is 0 Å². The van der Waals surface area contributed by atoms with Gasteiger partial charge in [-0.15, -0.1) is 0 Å². The number of carbonyl (C=O) groups is 1. The van der Waals surface area contributed by atoms with Crippen LogP contribution in [0, 0.1) is 5.41 Å². The average Bonchev–Trinajstić information content (AvgIpc) is 2.62. The number of nitrogens with one attached hydrogen (secondary N) is 3. The third-order valence-corrected chi connectivity index (χ3v) is 1.98. The van der Waals surface area contributed by atoms with E-state index in [4.69, 9.17) is 11.1 Å². The van der Waals surface area contributed by atoms with Crippen molar-refractivity contribution < 1.29 is 27.0 Å². The van der Waals surface area contributed by atoms with E-state index in [0.717, 1.165) is 0 Å². The Bertz CT molecular complexity index is 392. The minimum atomic E-state index is -0.923. The molecular weight excluding hydrogens is 274 g/mol. The van der Waals surface area contributed by atoms with Gasteiger partial charge < -0.3 is 26.1 Å². The van der Waals surface area contributed by atoms with Crippen molar-refractivity contribution in [1.82, 2.24) is 14.9 Å². The van der Waals surface area contributed by atoms with Crippen LogP contribution in [0.2, 0.25) is 0 Å². The Hall–Kier alpha value is -1.37. The second-order valence-corrected chi connectivity index (χ2v) is 3.40. The Morgan fingerprint density at radius 2 is 2.41 bits per heavy atom. The average molecular weight is 287 g/mol. The molecule has 1 unspecified atom stereocenters. The monoisotopic (exact) mass is 286 g/mol. The Morgan fingerprint density at radius 3 is 2.82 bits per heavy atom. The van der Waals surface area contributed by atoms with Gasteiger partial charge in [-0.05, 0) is 5.90 Å². The Balaban J connectivity index is 0.00000256. The number of aromatic nitrogens is 2. The number of nitrogens with zero attached hydrogens (tertiary/aromatic N) is 2. The van der Waals surface area contributed by atoms with E-state index in [1.54, 1.807) is 24.1 Å². The summed E-state index contributed by atoms with van der Waals surface area (Å²) in [6.07, 6.45) is 3.46. The minimum Gasteiger partial charge on any atom is -0.861 e. The molecule has 1 heterocycles. The summed E-state index contributed by atoms with van der Waals surface area (Å²) < 4.78 is 1.72. The van der Waals surface area contributed by atoms with Crippen molar-refractivity contribution in [3.63, 3.8) is 0 Å². The van der Waals surface area contributed by atoms with Crippen molar-refractivity contribution >= 4 is 11.8 Å². The van der Waals surface area contributed by atoms with Gasteiger partial charge in [0.1, 0.15) is 0 Å². The normalized spacial score (nSPS) is 11.4. The molecule has 8 heteroatoms. The number of amides is 1. The van der Waals surface area contributed by atoms with E-state index < -0.39 is 24.4 Å². The number of hydrogen-bond acceptors (Lipinski definition) is 4. The topological polar surface area (TPSA) is 118 Å². The van der Waals surface area contributed by atoms with Gasteiger partial charge in [-0.2, -0.15) is 0 Å². The molecule has 3 N–H and O–H groups in total. The van der Waals surface area contributed by atoms with Gasteiger partial charge in [0.15, 0.2) is 5.91 Å². The first-order chi connectivity index (χ1) is 7.52. The van der Waals surface area contributed by atoms with Crippen LogP contribution in [-0.2, 0) is 35.3 Å². The third-order valence-electron chi connectivity index (χ3n) is 1.98. The second kappa shape index (κ2) is 7.05. The molecule has 0 aromatic carbocycles. The standard InChI is InChI=1S/C9H14N5O2.Cu/c1-14-4-6(12-5-14)2-7(9(11)16)13-8(15)3-10;/h4-5,7,10H,2-3H2,1H3,(H2,11,16)(H,13,15);/q-1;+2/p-1. The summed E-state index contributed by atoms with van der Waals surface area (Å²) in [6, 6.07) is -0.923. The molecule has 0 bridgehead atoms. The zero-order chi connectivity index (χ0) is 12.1. The molecule has 1 atom stereocenters. The van der Waals surface area contributed by atoms with Crippen LogP contribution in [0.15, 0.2) is 12.5 Å². The smallest absolute Gasteiger partial charge is 0.861 e. The van der Waals surface area contributed by atoms with Crippen LogP contribution in [0.3, 0.4) is 0 Å². The van der Waals surface area contributed by atoms with Crippen molar-refractivity contribution in [2.45, 2.75) is 12.5 Å². The fourth-order valence-electron chi connectivity index (χ4n) is 1.24. The molecule has 0 fully saturated rings. The van der Waals surface area contributed by atoms with Gasteiger partial charge >= 0.3 is 17.1 Å². The molecule has 0 aliphatic heterocycles. The molecule has 97 valence electrons. The summed E-state index contributed by atoms with van der Waals surface area (Å²) in [5.41, 5.74) is 7.45. The molecule has 0 aliphatic carbocycles. The summed E-state index contributed by atoms with van der Waals surface area (Å²) >= 11 is 0. The first-order valence-corrected chi connectivity index (χ1v) is 4.69. The SMILES string of the molecule is Cn1cnc(CC(NC(=O)C[NH-])C(=N)[O-])c1.[Cu+2]. The molecular formula is C9H13CuN5O2. The summed E-state index contributed by atoms with van der Waals surface area (Å²) in [7, 11) is 1.79. The second-order valence-electron chi connectivity index (χ2n) is 3.40. The van der Waals surface area contributed by atoms with Crippen molar-refractivity contribution in [1.29, 1.82) is 5.41 Å². The van der Waals surface area contributed by atoms with Gasteiger partial charge in [0.05, 0.1) is 18.1 Å². The molecule has 17 heavy (non-hydrogen) atoms. The van der Waals surface area contributed by atoms with Crippen molar-refractivity contribution in [3.05, 3.63) is 24.0 Å². The fraction of sp³-hybridized carbons (Fsp3) is 0.444. The van der Waals surface area contributed by atoms with Crippen LogP contribution < -0.4 is 10.4 Å². The number of rotatable bonds is 5. The molecule has 0 spiro atoms. The number of carbonyl (C=O) groups excluding carboxylic acids is 1. The quantitative estimate of drug-likeness (QED) is 0.403.